The first-order chi connectivity index (χ1) is 13.4. The van der Waals surface area contributed by atoms with Gasteiger partial charge in [0.1, 0.15) is 24.0 Å². The van der Waals surface area contributed by atoms with Gasteiger partial charge in [0, 0.05) is 19.3 Å². The van der Waals surface area contributed by atoms with Crippen LogP contribution in [0.3, 0.4) is 0 Å². The standard InChI is InChI=1S/C18H19F4N3O2S/c19-5-13(24-18(27)17(21)22)16(26)11-3-1-10(2-4-11)14-6-23-15(28-14)9-25-7-12(20)8-25/h1-4,6,12-13,16-17,26H,5,7-9H2,(H,24,27)/t13-,16-/m1/s1. The Morgan fingerprint density at radius 1 is 1.32 bits per heavy atom. The van der Waals surface area contributed by atoms with Gasteiger partial charge in [-0.2, -0.15) is 8.78 Å². The summed E-state index contributed by atoms with van der Waals surface area (Å²) in [6.45, 7) is 0.235. The van der Waals surface area contributed by atoms with Crippen LogP contribution in [-0.2, 0) is 11.3 Å². The number of nitrogens with one attached hydrogen (secondary N) is 1. The molecule has 28 heavy (non-hydrogen) atoms. The van der Waals surface area contributed by atoms with Gasteiger partial charge in [-0.3, -0.25) is 9.69 Å². The molecule has 0 aliphatic carbocycles. The first-order valence-corrected chi connectivity index (χ1v) is 9.43. The Kier molecular flexibility index (Phi) is 6.63. The van der Waals surface area contributed by atoms with Gasteiger partial charge in [0.25, 0.3) is 5.91 Å². The summed E-state index contributed by atoms with van der Waals surface area (Å²) >= 11 is 1.46. The predicted molar refractivity (Wildman–Crippen MR) is 96.6 cm³/mol. The molecule has 1 aromatic heterocycles. The second-order valence-electron chi connectivity index (χ2n) is 6.55. The van der Waals surface area contributed by atoms with Crippen LogP contribution in [0.25, 0.3) is 10.4 Å². The van der Waals surface area contributed by atoms with E-state index in [1.807, 2.05) is 4.90 Å². The van der Waals surface area contributed by atoms with Gasteiger partial charge >= 0.3 is 6.43 Å². The fourth-order valence-corrected chi connectivity index (χ4v) is 3.83. The normalized spacial score (nSPS) is 17.4. The van der Waals surface area contributed by atoms with Crippen LogP contribution in [0.5, 0.6) is 0 Å². The second-order valence-corrected chi connectivity index (χ2v) is 7.66. The fraction of sp³-hybridized carbons (Fsp3) is 0.444. The molecular weight excluding hydrogens is 398 g/mol. The molecular formula is C18H19F4N3O2S. The lowest BCUT2D eigenvalue weighted by Gasteiger charge is -2.33. The first kappa shape index (κ1) is 20.7. The average molecular weight is 417 g/mol. The maximum atomic E-state index is 13.1. The lowest BCUT2D eigenvalue weighted by Crippen LogP contribution is -2.47. The molecule has 1 aromatic carbocycles. The van der Waals surface area contributed by atoms with E-state index in [1.165, 1.54) is 11.3 Å². The Balaban J connectivity index is 1.64. The minimum absolute atomic E-state index is 0.292. The van der Waals surface area contributed by atoms with Crippen molar-refractivity contribution in [2.75, 3.05) is 19.8 Å². The molecule has 1 fully saturated rings. The van der Waals surface area contributed by atoms with Crippen molar-refractivity contribution in [3.63, 3.8) is 0 Å². The van der Waals surface area contributed by atoms with E-state index in [4.69, 9.17) is 0 Å². The van der Waals surface area contributed by atoms with E-state index >= 15 is 0 Å². The van der Waals surface area contributed by atoms with Crippen LogP contribution in [0, 0.1) is 0 Å². The summed E-state index contributed by atoms with van der Waals surface area (Å²) in [6.07, 6.45) is -3.81. The number of nitrogens with zero attached hydrogens (tertiary/aromatic N) is 2. The van der Waals surface area contributed by atoms with Gasteiger partial charge in [-0.1, -0.05) is 24.3 Å². The topological polar surface area (TPSA) is 65.5 Å². The number of halogens is 4. The third-order valence-electron chi connectivity index (χ3n) is 4.43. The number of aliphatic hydroxyl groups is 1. The predicted octanol–water partition coefficient (Wildman–Crippen LogP) is 2.72. The summed E-state index contributed by atoms with van der Waals surface area (Å²) in [5, 5.41) is 12.8. The molecule has 1 saturated heterocycles. The molecule has 1 amide bonds. The van der Waals surface area contributed by atoms with Gasteiger partial charge in [0.2, 0.25) is 0 Å². The van der Waals surface area contributed by atoms with Crippen LogP contribution >= 0.6 is 11.3 Å². The highest BCUT2D eigenvalue weighted by atomic mass is 32.1. The van der Waals surface area contributed by atoms with Gasteiger partial charge in [0.05, 0.1) is 17.5 Å². The Hall–Kier alpha value is -2.04. The molecule has 5 nitrogen and oxygen atoms in total. The van der Waals surface area contributed by atoms with Crippen molar-refractivity contribution in [1.82, 2.24) is 15.2 Å². The van der Waals surface area contributed by atoms with Crippen molar-refractivity contribution in [2.45, 2.75) is 31.3 Å². The van der Waals surface area contributed by atoms with E-state index in [-0.39, 0.29) is 0 Å². The van der Waals surface area contributed by atoms with Crippen molar-refractivity contribution in [3.8, 4) is 10.4 Å². The van der Waals surface area contributed by atoms with Gasteiger partial charge in [-0.15, -0.1) is 11.3 Å². The molecule has 0 bridgehead atoms. The zero-order valence-corrected chi connectivity index (χ0v) is 15.5. The van der Waals surface area contributed by atoms with Crippen LogP contribution < -0.4 is 5.32 Å². The molecule has 0 unspecified atom stereocenters. The fourth-order valence-electron chi connectivity index (χ4n) is 2.87. The SMILES string of the molecule is O=C(N[C@H](CF)[C@H](O)c1ccc(-c2cnc(CN3CC(F)C3)s2)cc1)C(F)F. The Labute approximate surface area is 163 Å². The van der Waals surface area contributed by atoms with Crippen molar-refractivity contribution >= 4 is 17.2 Å². The molecule has 1 aliphatic rings. The summed E-state index contributed by atoms with van der Waals surface area (Å²) in [7, 11) is 0. The second kappa shape index (κ2) is 8.97. The number of rotatable bonds is 8. The van der Waals surface area contributed by atoms with E-state index in [0.717, 1.165) is 15.4 Å². The lowest BCUT2D eigenvalue weighted by molar-refractivity contribution is -0.133. The number of amides is 1. The molecule has 0 spiro atoms. The monoisotopic (exact) mass is 417 g/mol. The van der Waals surface area contributed by atoms with Crippen molar-refractivity contribution in [1.29, 1.82) is 0 Å². The van der Waals surface area contributed by atoms with E-state index in [0.29, 0.717) is 25.2 Å². The quantitative estimate of drug-likeness (QED) is 0.649. The highest BCUT2D eigenvalue weighted by molar-refractivity contribution is 7.15. The number of benzene rings is 1. The third kappa shape index (κ3) is 4.86. The summed E-state index contributed by atoms with van der Waals surface area (Å²) in [4.78, 5) is 18.2. The maximum absolute atomic E-state index is 13.1. The van der Waals surface area contributed by atoms with E-state index < -0.39 is 37.3 Å². The summed E-state index contributed by atoms with van der Waals surface area (Å²) in [5.41, 5.74) is 1.11. The number of hydrogen-bond donors (Lipinski definition) is 2. The van der Waals surface area contributed by atoms with Gasteiger partial charge < -0.3 is 10.4 Å². The van der Waals surface area contributed by atoms with Gasteiger partial charge in [-0.05, 0) is 11.1 Å². The summed E-state index contributed by atoms with van der Waals surface area (Å²) in [5.74, 6) is -1.63. The van der Waals surface area contributed by atoms with E-state index in [9.17, 15) is 27.5 Å². The Morgan fingerprint density at radius 3 is 2.57 bits per heavy atom. The number of aliphatic hydroxyl groups excluding tert-OH is 1. The van der Waals surface area contributed by atoms with Gasteiger partial charge in [-0.25, -0.2) is 13.8 Å². The third-order valence-corrected chi connectivity index (χ3v) is 5.47. The Morgan fingerprint density at radius 2 is 2.00 bits per heavy atom. The first-order valence-electron chi connectivity index (χ1n) is 8.61. The molecule has 2 heterocycles. The van der Waals surface area contributed by atoms with Crippen LogP contribution in [0.15, 0.2) is 30.5 Å². The Bertz CT molecular complexity index is 796. The number of thiazole rings is 1. The van der Waals surface area contributed by atoms with Crippen molar-refractivity contribution in [3.05, 3.63) is 41.0 Å². The largest absolute Gasteiger partial charge is 0.386 e. The number of aromatic nitrogens is 1. The van der Waals surface area contributed by atoms with E-state index in [1.54, 1.807) is 35.8 Å². The van der Waals surface area contributed by atoms with Crippen LogP contribution in [0.4, 0.5) is 17.6 Å². The highest BCUT2D eigenvalue weighted by Crippen LogP contribution is 2.29. The minimum Gasteiger partial charge on any atom is -0.386 e. The van der Waals surface area contributed by atoms with Crippen LogP contribution in [-0.4, -0.2) is 59.3 Å². The van der Waals surface area contributed by atoms with Gasteiger partial charge in [0.15, 0.2) is 0 Å². The molecule has 2 N–H and O–H groups in total. The highest BCUT2D eigenvalue weighted by Gasteiger charge is 2.27. The molecule has 2 atom stereocenters. The van der Waals surface area contributed by atoms with Crippen molar-refractivity contribution in [2.24, 2.45) is 0 Å². The van der Waals surface area contributed by atoms with Crippen LogP contribution in [0.2, 0.25) is 0 Å². The molecule has 1 aliphatic heterocycles. The average Bonchev–Trinajstić information content (AvgIpc) is 3.12. The molecule has 0 saturated carbocycles. The van der Waals surface area contributed by atoms with Crippen LogP contribution in [0.1, 0.15) is 16.7 Å². The number of likely N-dealkylation sites (tertiary alicyclic amines) is 1. The lowest BCUT2D eigenvalue weighted by atomic mass is 10.0. The maximum Gasteiger partial charge on any atom is 0.315 e. The minimum atomic E-state index is -3.28. The van der Waals surface area contributed by atoms with E-state index in [2.05, 4.69) is 4.98 Å². The number of carbonyl (C=O) groups is 1. The smallest absolute Gasteiger partial charge is 0.315 e. The zero-order chi connectivity index (χ0) is 20.3. The number of alkyl halides is 4. The molecule has 2 aromatic rings. The number of hydrogen-bond acceptors (Lipinski definition) is 5. The molecule has 3 rings (SSSR count). The molecule has 152 valence electrons. The zero-order valence-electron chi connectivity index (χ0n) is 14.7. The summed E-state index contributed by atoms with van der Waals surface area (Å²) in [6, 6.07) is 5.01. The number of carbonyl (C=O) groups excluding carboxylic acids is 1. The summed E-state index contributed by atoms with van der Waals surface area (Å²) < 4.78 is 50.6. The van der Waals surface area contributed by atoms with Crippen molar-refractivity contribution < 1.29 is 27.5 Å². The molecule has 10 heteroatoms. The molecule has 0 radical (unpaired) electrons.